The third-order valence-electron chi connectivity index (χ3n) is 2.89. The first kappa shape index (κ1) is 15.8. The molecule has 0 spiro atoms. The monoisotopic (exact) mass is 286 g/mol. The number of carbonyl (C=O) groups excluding carboxylic acids is 1. The van der Waals surface area contributed by atoms with Crippen LogP contribution in [-0.4, -0.2) is 48.4 Å². The van der Waals surface area contributed by atoms with Crippen molar-refractivity contribution in [2.75, 3.05) is 26.2 Å². The number of hydrogen-bond acceptors (Lipinski definition) is 4. The molecule has 0 bridgehead atoms. The van der Waals surface area contributed by atoms with Crippen molar-refractivity contribution in [1.82, 2.24) is 10.2 Å². The largest absolute Gasteiger partial charge is 0.445 e. The summed E-state index contributed by atoms with van der Waals surface area (Å²) in [5, 5.41) is 11.8. The highest BCUT2D eigenvalue weighted by Crippen LogP contribution is 2.10. The van der Waals surface area contributed by atoms with Gasteiger partial charge in [-0.15, -0.1) is 12.4 Å². The van der Waals surface area contributed by atoms with Crippen LogP contribution < -0.4 is 5.32 Å². The van der Waals surface area contributed by atoms with Gasteiger partial charge >= 0.3 is 6.09 Å². The van der Waals surface area contributed by atoms with E-state index in [0.29, 0.717) is 26.2 Å². The molecule has 1 saturated heterocycles. The quantitative estimate of drug-likeness (QED) is 0.848. The number of aliphatic hydroxyl groups excluding tert-OH is 1. The maximum atomic E-state index is 11.6. The van der Waals surface area contributed by atoms with Crippen molar-refractivity contribution in [3.8, 4) is 0 Å². The molecule has 0 aromatic heterocycles. The Labute approximate surface area is 119 Å². The normalized spacial score (nSPS) is 14.5. The summed E-state index contributed by atoms with van der Waals surface area (Å²) in [7, 11) is 0. The molecule has 106 valence electrons. The van der Waals surface area contributed by atoms with Crippen LogP contribution in [0.3, 0.4) is 0 Å². The van der Waals surface area contributed by atoms with E-state index in [1.165, 1.54) is 0 Å². The molecule has 1 aliphatic heterocycles. The van der Waals surface area contributed by atoms with E-state index in [-0.39, 0.29) is 31.1 Å². The maximum Gasteiger partial charge on any atom is 0.410 e. The Kier molecular flexibility index (Phi) is 6.62. The number of rotatable bonds is 5. The molecule has 6 heteroatoms. The Balaban J connectivity index is 0.00000180. The van der Waals surface area contributed by atoms with Crippen molar-refractivity contribution in [2.24, 2.45) is 0 Å². The van der Waals surface area contributed by atoms with Gasteiger partial charge in [0, 0.05) is 25.7 Å². The molecule has 1 amide bonds. The SMILES string of the molecule is Cl.O=C(OCc1ccccc1)N1CC(NCCO)C1. The Morgan fingerprint density at radius 3 is 2.68 bits per heavy atom. The molecule has 2 rings (SSSR count). The fourth-order valence-electron chi connectivity index (χ4n) is 1.84. The van der Waals surface area contributed by atoms with Gasteiger partial charge < -0.3 is 20.1 Å². The summed E-state index contributed by atoms with van der Waals surface area (Å²) in [6, 6.07) is 9.90. The van der Waals surface area contributed by atoms with Gasteiger partial charge in [0.15, 0.2) is 0 Å². The van der Waals surface area contributed by atoms with E-state index in [0.717, 1.165) is 5.56 Å². The minimum Gasteiger partial charge on any atom is -0.445 e. The predicted molar refractivity (Wildman–Crippen MR) is 74.3 cm³/mol. The Bertz CT molecular complexity index is 383. The second-order valence-corrected chi connectivity index (χ2v) is 4.32. The lowest BCUT2D eigenvalue weighted by atomic mass is 10.1. The van der Waals surface area contributed by atoms with Gasteiger partial charge in [0.25, 0.3) is 0 Å². The van der Waals surface area contributed by atoms with Crippen molar-refractivity contribution in [3.05, 3.63) is 35.9 Å². The van der Waals surface area contributed by atoms with Crippen LogP contribution in [0.2, 0.25) is 0 Å². The van der Waals surface area contributed by atoms with Crippen LogP contribution in [0.15, 0.2) is 30.3 Å². The Morgan fingerprint density at radius 2 is 2.05 bits per heavy atom. The minimum absolute atomic E-state index is 0. The van der Waals surface area contributed by atoms with Crippen LogP contribution in [0.25, 0.3) is 0 Å². The van der Waals surface area contributed by atoms with Gasteiger partial charge in [0.2, 0.25) is 0 Å². The molecule has 2 N–H and O–H groups in total. The molecule has 5 nitrogen and oxygen atoms in total. The van der Waals surface area contributed by atoms with Crippen LogP contribution in [-0.2, 0) is 11.3 Å². The van der Waals surface area contributed by atoms with E-state index < -0.39 is 0 Å². The molecular formula is C13H19ClN2O3. The number of nitrogens with zero attached hydrogens (tertiary/aromatic N) is 1. The van der Waals surface area contributed by atoms with Crippen LogP contribution in [0.5, 0.6) is 0 Å². The van der Waals surface area contributed by atoms with Crippen molar-refractivity contribution in [3.63, 3.8) is 0 Å². The molecule has 0 radical (unpaired) electrons. The molecule has 0 unspecified atom stereocenters. The first-order valence-corrected chi connectivity index (χ1v) is 6.09. The van der Waals surface area contributed by atoms with Gasteiger partial charge in [0.05, 0.1) is 6.61 Å². The lowest BCUT2D eigenvalue weighted by Gasteiger charge is -2.38. The van der Waals surface area contributed by atoms with E-state index >= 15 is 0 Å². The van der Waals surface area contributed by atoms with Crippen LogP contribution in [0, 0.1) is 0 Å². The lowest BCUT2D eigenvalue weighted by molar-refractivity contribution is 0.0594. The molecule has 0 aliphatic carbocycles. The average molecular weight is 287 g/mol. The van der Waals surface area contributed by atoms with Gasteiger partial charge in [-0.1, -0.05) is 30.3 Å². The molecule has 1 aromatic rings. The van der Waals surface area contributed by atoms with Gasteiger partial charge in [-0.2, -0.15) is 0 Å². The van der Waals surface area contributed by atoms with Crippen molar-refractivity contribution in [2.45, 2.75) is 12.6 Å². The van der Waals surface area contributed by atoms with E-state index in [1.54, 1.807) is 4.90 Å². The minimum atomic E-state index is -0.277. The molecule has 1 fully saturated rings. The first-order valence-electron chi connectivity index (χ1n) is 6.09. The second kappa shape index (κ2) is 7.99. The average Bonchev–Trinajstić information content (AvgIpc) is 2.36. The summed E-state index contributed by atoms with van der Waals surface area (Å²) < 4.78 is 5.19. The zero-order valence-electron chi connectivity index (χ0n) is 10.6. The highest BCUT2D eigenvalue weighted by Gasteiger charge is 2.30. The highest BCUT2D eigenvalue weighted by molar-refractivity contribution is 5.85. The van der Waals surface area contributed by atoms with Gasteiger partial charge in [-0.25, -0.2) is 4.79 Å². The molecule has 0 saturated carbocycles. The number of benzene rings is 1. The van der Waals surface area contributed by atoms with E-state index in [4.69, 9.17) is 9.84 Å². The van der Waals surface area contributed by atoms with Crippen LogP contribution in [0.4, 0.5) is 4.79 Å². The van der Waals surface area contributed by atoms with Gasteiger partial charge in [0.1, 0.15) is 6.61 Å². The Hall–Kier alpha value is -1.30. The third-order valence-corrected chi connectivity index (χ3v) is 2.89. The molecule has 1 heterocycles. The zero-order valence-corrected chi connectivity index (χ0v) is 11.4. The van der Waals surface area contributed by atoms with Crippen LogP contribution >= 0.6 is 12.4 Å². The number of halogens is 1. The molecular weight excluding hydrogens is 268 g/mol. The number of carbonyl (C=O) groups is 1. The summed E-state index contributed by atoms with van der Waals surface area (Å²) >= 11 is 0. The van der Waals surface area contributed by atoms with E-state index in [1.807, 2.05) is 30.3 Å². The van der Waals surface area contributed by atoms with Crippen LogP contribution in [0.1, 0.15) is 5.56 Å². The number of hydrogen-bond donors (Lipinski definition) is 2. The summed E-state index contributed by atoms with van der Waals surface area (Å²) in [5.74, 6) is 0. The number of aliphatic hydroxyl groups is 1. The third kappa shape index (κ3) is 4.70. The standard InChI is InChI=1S/C13H18N2O3.ClH/c16-7-6-14-12-8-15(9-12)13(17)18-10-11-4-2-1-3-5-11;/h1-5,12,14,16H,6-10H2;1H. The molecule has 1 aromatic carbocycles. The fraction of sp³-hybridized carbons (Fsp3) is 0.462. The van der Waals surface area contributed by atoms with E-state index in [2.05, 4.69) is 5.32 Å². The number of ether oxygens (including phenoxy) is 1. The van der Waals surface area contributed by atoms with Crippen molar-refractivity contribution < 1.29 is 14.6 Å². The number of amides is 1. The number of likely N-dealkylation sites (tertiary alicyclic amines) is 1. The van der Waals surface area contributed by atoms with Crippen molar-refractivity contribution in [1.29, 1.82) is 0 Å². The number of nitrogens with one attached hydrogen (secondary N) is 1. The highest BCUT2D eigenvalue weighted by atomic mass is 35.5. The molecule has 0 atom stereocenters. The van der Waals surface area contributed by atoms with Gasteiger partial charge in [-0.3, -0.25) is 0 Å². The summed E-state index contributed by atoms with van der Waals surface area (Å²) in [6.45, 7) is 2.29. The predicted octanol–water partition coefficient (Wildman–Crippen LogP) is 1.01. The Morgan fingerprint density at radius 1 is 1.37 bits per heavy atom. The summed E-state index contributed by atoms with van der Waals surface area (Å²) in [6.07, 6.45) is -0.277. The smallest absolute Gasteiger partial charge is 0.410 e. The lowest BCUT2D eigenvalue weighted by Crippen LogP contribution is -2.60. The molecule has 1 aliphatic rings. The topological polar surface area (TPSA) is 61.8 Å². The van der Waals surface area contributed by atoms with Gasteiger partial charge in [-0.05, 0) is 5.56 Å². The summed E-state index contributed by atoms with van der Waals surface area (Å²) in [5.41, 5.74) is 0.987. The molecule has 19 heavy (non-hydrogen) atoms. The fourth-order valence-corrected chi connectivity index (χ4v) is 1.84. The maximum absolute atomic E-state index is 11.6. The van der Waals surface area contributed by atoms with E-state index in [9.17, 15) is 4.79 Å². The van der Waals surface area contributed by atoms with Crippen molar-refractivity contribution >= 4 is 18.5 Å². The first-order chi connectivity index (χ1) is 8.79. The zero-order chi connectivity index (χ0) is 12.8. The summed E-state index contributed by atoms with van der Waals surface area (Å²) in [4.78, 5) is 13.3. The second-order valence-electron chi connectivity index (χ2n) is 4.32.